The number of fused-ring (bicyclic) bond motifs is 13. The summed E-state index contributed by atoms with van der Waals surface area (Å²) in [7, 11) is 0. The van der Waals surface area contributed by atoms with E-state index in [4.69, 9.17) is 0 Å². The van der Waals surface area contributed by atoms with Crippen LogP contribution in [0.3, 0.4) is 0 Å². The van der Waals surface area contributed by atoms with E-state index in [1.165, 1.54) is 167 Å². The minimum Gasteiger partial charge on any atom is -0.342 e. The van der Waals surface area contributed by atoms with Crippen LogP contribution in [-0.4, -0.2) is 24.4 Å². The summed E-state index contributed by atoms with van der Waals surface area (Å²) in [6.45, 7) is 22.1. The van der Waals surface area contributed by atoms with E-state index in [-0.39, 0.29) is 80.5 Å². The molecule has 0 saturated heterocycles. The summed E-state index contributed by atoms with van der Waals surface area (Å²) in [4.78, 5) is 5.30. The molecule has 2 aliphatic heterocycles. The summed E-state index contributed by atoms with van der Waals surface area (Å²) in [6, 6.07) is 147. The van der Waals surface area contributed by atoms with Crippen molar-refractivity contribution in [2.45, 2.75) is 154 Å². The molecule has 0 atom stereocenters. The number of unbranched alkanes of at least 4 members (excludes halogenated alkanes) is 6. The quantitative estimate of drug-likeness (QED) is 0.0417. The zero-order chi connectivity index (χ0) is 104. The van der Waals surface area contributed by atoms with E-state index < -0.39 is 22.9 Å². The van der Waals surface area contributed by atoms with Crippen LogP contribution in [0.4, 0.5) is 22.7 Å². The molecule has 19 aromatic carbocycles. The average molecular weight is 1870 g/mol. The van der Waals surface area contributed by atoms with E-state index in [0.29, 0.717) is 17.8 Å². The second kappa shape index (κ2) is 37.2. The zero-order valence-corrected chi connectivity index (χ0v) is 84.0. The lowest BCUT2D eigenvalue weighted by atomic mass is 9.33. The predicted molar refractivity (Wildman–Crippen MR) is 613 cm³/mol. The van der Waals surface area contributed by atoms with Crippen LogP contribution in [0, 0.1) is 0 Å². The Kier molecular flexibility index (Phi) is 21.5. The Hall–Kier alpha value is -15.4. The minimum atomic E-state index is -0.564. The van der Waals surface area contributed by atoms with Gasteiger partial charge in [-0.05, 0) is 305 Å². The van der Waals surface area contributed by atoms with Crippen LogP contribution < -0.4 is 26.2 Å². The van der Waals surface area contributed by atoms with Gasteiger partial charge < -0.3 is 14.4 Å². The highest BCUT2D eigenvalue weighted by Gasteiger charge is 2.50. The summed E-state index contributed by atoms with van der Waals surface area (Å²) in [5.41, 5.74) is 41.7. The number of benzene rings is 19. The van der Waals surface area contributed by atoms with Gasteiger partial charge in [-0.15, -0.1) is 0 Å². The predicted octanol–water partition coefficient (Wildman–Crippen LogP) is 34.4. The molecule has 4 heteroatoms. The fourth-order valence-corrected chi connectivity index (χ4v) is 24.4. The van der Waals surface area contributed by atoms with Crippen LogP contribution >= 0.6 is 0 Å². The molecule has 3 heterocycles. The molecule has 24 rings (SSSR count). The normalized spacial score (nSPS) is 14.3. The molecule has 4 aliphatic rings. The number of hydrogen-bond acceptors (Lipinski definition) is 2. The standard InChI is InChI=1S/C140H124BN3/c1-136(2,3)111-83-106(84-112(91-111)137(4,5)6)103-73-78-127-131(90-103)142(81-43-12-10-21-51-98-67-69-100(95-45-23-14-24-46-95)85-120(98)104-71-76-117-115-61-37-40-64-123(115)139(125(117)88-104,107-53-29-17-30-54-107)108-55-31-18-32-56-108)133-92-113(138(7,8)9)93-134-135(133)141(127)128-79-75-114(144-129-66-42-39-63-119(129)122-87-102(74-80-130(122)144)97-49-27-16-28-50-97)94-132(128)143(134)82-44-13-11-22-52-99-68-70-101(96-47-25-15-26-48-96)86-121(99)105-72-77-118-116-62-38-41-65-124(116)140(126(118)89-105,109-57-33-19-34-58-109)110-59-35-20-36-60-110/h14-20,23-42,45-50,53-80,83-94H,10-13,21-22,43-44,51-52,81-82H2,1-9H3/i39D,42D,63D,66D,74D,80D,87D. The fraction of sp³-hybridized carbons (Fsp3) is 0.186. The molecule has 144 heavy (non-hydrogen) atoms. The van der Waals surface area contributed by atoms with Gasteiger partial charge in [0, 0.05) is 52.3 Å². The van der Waals surface area contributed by atoms with E-state index >= 15 is 0 Å². The second-order valence-corrected chi connectivity index (χ2v) is 43.5. The molecule has 0 spiro atoms. The number of aromatic nitrogens is 1. The number of hydrogen-bond donors (Lipinski definition) is 0. The molecule has 0 amide bonds. The molecular formula is C140H124BN3. The summed E-state index contributed by atoms with van der Waals surface area (Å²) < 4.78 is 70.9. The van der Waals surface area contributed by atoms with E-state index in [0.717, 1.165) is 93.2 Å². The Morgan fingerprint density at radius 2 is 0.632 bits per heavy atom. The summed E-state index contributed by atoms with van der Waals surface area (Å²) in [5.74, 6) is 0. The van der Waals surface area contributed by atoms with Gasteiger partial charge in [-0.3, -0.25) is 0 Å². The highest BCUT2D eigenvalue weighted by Crippen LogP contribution is 2.60. The van der Waals surface area contributed by atoms with Crippen molar-refractivity contribution in [2.24, 2.45) is 0 Å². The van der Waals surface area contributed by atoms with Crippen molar-refractivity contribution < 1.29 is 9.60 Å². The molecule has 702 valence electrons. The van der Waals surface area contributed by atoms with E-state index in [1.54, 1.807) is 4.57 Å². The monoisotopic (exact) mass is 1870 g/mol. The molecule has 3 nitrogen and oxygen atoms in total. The van der Waals surface area contributed by atoms with Crippen LogP contribution in [0.1, 0.15) is 196 Å². The van der Waals surface area contributed by atoms with E-state index in [9.17, 15) is 9.60 Å². The molecule has 0 unspecified atom stereocenters. The van der Waals surface area contributed by atoms with Crippen molar-refractivity contribution in [1.29, 1.82) is 0 Å². The molecule has 0 radical (unpaired) electrons. The summed E-state index contributed by atoms with van der Waals surface area (Å²) in [5, 5.41) is 0.361. The van der Waals surface area contributed by atoms with Gasteiger partial charge in [0.25, 0.3) is 6.71 Å². The minimum absolute atomic E-state index is 0.0645. The van der Waals surface area contributed by atoms with E-state index in [2.05, 4.69) is 442 Å². The second-order valence-electron chi connectivity index (χ2n) is 43.5. The molecule has 0 bridgehead atoms. The van der Waals surface area contributed by atoms with E-state index in [1.807, 2.05) is 30.3 Å². The maximum atomic E-state index is 10.3. The van der Waals surface area contributed by atoms with Crippen molar-refractivity contribution in [2.75, 3.05) is 22.9 Å². The first kappa shape index (κ1) is 83.3. The van der Waals surface area contributed by atoms with Gasteiger partial charge >= 0.3 is 0 Å². The Labute approximate surface area is 862 Å². The van der Waals surface area contributed by atoms with Gasteiger partial charge in [0.1, 0.15) is 0 Å². The maximum absolute atomic E-state index is 10.3. The van der Waals surface area contributed by atoms with Crippen LogP contribution in [-0.2, 0) is 39.9 Å². The van der Waals surface area contributed by atoms with Crippen molar-refractivity contribution in [1.82, 2.24) is 4.57 Å². The lowest BCUT2D eigenvalue weighted by Crippen LogP contribution is -2.62. The highest BCUT2D eigenvalue weighted by atomic mass is 15.2. The Morgan fingerprint density at radius 3 is 1.10 bits per heavy atom. The van der Waals surface area contributed by atoms with Crippen LogP contribution in [0.15, 0.2) is 443 Å². The molecular weight excluding hydrogens is 1730 g/mol. The number of para-hydroxylation sites is 1. The SMILES string of the molecule is [2H]c1c([2H])c([2H])c2c(c1[2H])c1c([2H])c(-c3ccccc3)c([2H])c([2H])c1n2-c1ccc2c(c1)N(CCCCCCc1ccc(-c3ccccc3)cc1-c1ccc3c(c1)C(c1ccccc1)(c1ccccc1)c1ccccc1-3)c1cc(C(C)(C)C)cc3c1B2c1ccc(-c2cc(C(C)(C)C)cc(C(C)(C)C)c2)cc1N3CCCCCCc1ccc(-c2ccccc2)cc1-c1ccc2c(c1)C(c1ccccc1)(c1ccccc1)c1ccccc1-2. The molecule has 2 aliphatic carbocycles. The van der Waals surface area contributed by atoms with Gasteiger partial charge in [-0.2, -0.15) is 0 Å². The van der Waals surface area contributed by atoms with Crippen molar-refractivity contribution in [3.63, 3.8) is 0 Å². The topological polar surface area (TPSA) is 11.4 Å². The number of rotatable bonds is 25. The average Bonchev–Trinajstić information content (AvgIpc) is 1.70. The lowest BCUT2D eigenvalue weighted by Gasteiger charge is -2.45. The van der Waals surface area contributed by atoms with Crippen molar-refractivity contribution in [3.8, 4) is 94.7 Å². The van der Waals surface area contributed by atoms with Crippen LogP contribution in [0.2, 0.25) is 0 Å². The number of anilines is 4. The maximum Gasteiger partial charge on any atom is 0.252 e. The highest BCUT2D eigenvalue weighted by molar-refractivity contribution is 7.00. The molecule has 20 aromatic rings. The van der Waals surface area contributed by atoms with Gasteiger partial charge in [0.15, 0.2) is 0 Å². The third kappa shape index (κ3) is 16.1. The Bertz CT molecular complexity index is 8590. The number of nitrogens with zero attached hydrogens (tertiary/aromatic N) is 3. The van der Waals surface area contributed by atoms with Gasteiger partial charge in [0.05, 0.1) is 31.5 Å². The largest absolute Gasteiger partial charge is 0.342 e. The first-order valence-corrected chi connectivity index (χ1v) is 52.1. The summed E-state index contributed by atoms with van der Waals surface area (Å²) in [6.07, 6.45) is 9.40. The number of aryl methyl sites for hydroxylation is 2. The third-order valence-corrected chi connectivity index (χ3v) is 31.7. The molecule has 1 aromatic heterocycles. The zero-order valence-electron chi connectivity index (χ0n) is 91.0. The first-order valence-electron chi connectivity index (χ1n) is 55.6. The fourth-order valence-electron chi connectivity index (χ4n) is 24.4. The Balaban J connectivity index is 0.616. The molecule has 0 N–H and O–H groups in total. The van der Waals surface area contributed by atoms with Crippen LogP contribution in [0.5, 0.6) is 0 Å². The summed E-state index contributed by atoms with van der Waals surface area (Å²) >= 11 is 0. The van der Waals surface area contributed by atoms with Crippen LogP contribution in [0.25, 0.3) is 117 Å². The third-order valence-electron chi connectivity index (χ3n) is 31.7. The van der Waals surface area contributed by atoms with Gasteiger partial charge in [0.2, 0.25) is 0 Å². The van der Waals surface area contributed by atoms with Crippen molar-refractivity contribution >= 4 is 67.7 Å². The first-order chi connectivity index (χ1) is 73.2. The molecule has 0 saturated carbocycles. The lowest BCUT2D eigenvalue weighted by molar-refractivity contribution is 0.569. The van der Waals surface area contributed by atoms with Gasteiger partial charge in [-0.25, -0.2) is 0 Å². The molecule has 0 fully saturated rings. The van der Waals surface area contributed by atoms with Gasteiger partial charge in [-0.1, -0.05) is 458 Å². The smallest absolute Gasteiger partial charge is 0.252 e. The van der Waals surface area contributed by atoms with Crippen molar-refractivity contribution in [3.05, 3.63) is 515 Å². The Morgan fingerprint density at radius 1 is 0.257 bits per heavy atom.